The summed E-state index contributed by atoms with van der Waals surface area (Å²) in [6.07, 6.45) is 0.754. The summed E-state index contributed by atoms with van der Waals surface area (Å²) in [5, 5.41) is 11.5. The van der Waals surface area contributed by atoms with Gasteiger partial charge in [0, 0.05) is 0 Å². The smallest absolute Gasteiger partial charge is 0.337 e. The molecule has 1 aromatic carbocycles. The van der Waals surface area contributed by atoms with Crippen molar-refractivity contribution in [3.05, 3.63) is 29.3 Å². The minimum Gasteiger partial charge on any atom is -0.481 e. The molecular weight excluding hydrogens is 470 g/mol. The van der Waals surface area contributed by atoms with E-state index in [0.717, 1.165) is 12.3 Å². The number of nitrogens with zero attached hydrogens (tertiary/aromatic N) is 2. The number of aromatic carboxylic acids is 1. The van der Waals surface area contributed by atoms with E-state index in [2.05, 4.69) is 15.3 Å². The van der Waals surface area contributed by atoms with E-state index in [-0.39, 0.29) is 23.3 Å². The van der Waals surface area contributed by atoms with Crippen LogP contribution < -0.4 is 24.2 Å². The number of carboxylic acids is 1. The molecule has 0 radical (unpaired) electrons. The average Bonchev–Trinajstić information content (AvgIpc) is 2.66. The number of ether oxygens (including phenoxy) is 2. The van der Waals surface area contributed by atoms with Gasteiger partial charge in [-0.2, -0.15) is 9.97 Å². The summed E-state index contributed by atoms with van der Waals surface area (Å²) in [6, 6.07) is 2.12. The Hall–Kier alpha value is -3.66. The number of aromatic nitrogens is 2. The van der Waals surface area contributed by atoms with Gasteiger partial charge in [-0.3, -0.25) is 10.0 Å². The first-order chi connectivity index (χ1) is 14.8. The molecule has 0 aliphatic heterocycles. The van der Waals surface area contributed by atoms with Crippen molar-refractivity contribution in [3.8, 4) is 11.8 Å². The highest BCUT2D eigenvalue weighted by Crippen LogP contribution is 2.30. The minimum atomic E-state index is -4.90. The van der Waals surface area contributed by atoms with Crippen molar-refractivity contribution in [3.63, 3.8) is 0 Å². The molecule has 1 aromatic heterocycles. The topological polar surface area (TPSA) is 203 Å². The van der Waals surface area contributed by atoms with Crippen LogP contribution in [-0.2, 0) is 20.0 Å². The summed E-state index contributed by atoms with van der Waals surface area (Å²) in [4.78, 5) is 30.6. The third-order valence-corrected chi connectivity index (χ3v) is 5.69. The van der Waals surface area contributed by atoms with Crippen LogP contribution in [0, 0.1) is 6.92 Å². The number of amides is 2. The molecule has 0 saturated heterocycles. The quantitative estimate of drug-likeness (QED) is 0.399. The normalized spacial score (nSPS) is 11.4. The number of carbonyl (C=O) groups excluding carboxylic acids is 1. The lowest BCUT2D eigenvalue weighted by molar-refractivity contribution is 0.0692. The van der Waals surface area contributed by atoms with Gasteiger partial charge >= 0.3 is 12.0 Å². The molecule has 0 aliphatic carbocycles. The van der Waals surface area contributed by atoms with Gasteiger partial charge in [-0.25, -0.2) is 31.1 Å². The van der Waals surface area contributed by atoms with E-state index in [1.165, 1.54) is 33.3 Å². The summed E-state index contributed by atoms with van der Waals surface area (Å²) in [7, 11) is -6.32. The van der Waals surface area contributed by atoms with Gasteiger partial charge < -0.3 is 14.6 Å². The predicted molar refractivity (Wildman–Crippen MR) is 111 cm³/mol. The lowest BCUT2D eigenvalue weighted by Gasteiger charge is -2.17. The van der Waals surface area contributed by atoms with Gasteiger partial charge in [-0.1, -0.05) is 6.07 Å². The summed E-state index contributed by atoms with van der Waals surface area (Å²) >= 11 is 0. The highest BCUT2D eigenvalue weighted by Gasteiger charge is 2.30. The van der Waals surface area contributed by atoms with E-state index >= 15 is 0 Å². The number of benzene rings is 1. The Morgan fingerprint density at radius 1 is 1.03 bits per heavy atom. The standard InChI is InChI=1S/C16H19N5O9S2/c1-8-5-6-9(14(22)23)13(12(8)20-31(4,25)26)32(27,28)21-16(24)19-15-17-10(29-2)7-11(18-15)30-3/h5-7,20H,1-4H3,(H,22,23)(H2,17,18,19,21,24). The van der Waals surface area contributed by atoms with E-state index in [4.69, 9.17) is 9.47 Å². The Balaban J connectivity index is 2.49. The first-order valence-corrected chi connectivity index (χ1v) is 11.8. The number of hydrogen-bond donors (Lipinski definition) is 4. The number of rotatable bonds is 8. The highest BCUT2D eigenvalue weighted by atomic mass is 32.2. The van der Waals surface area contributed by atoms with E-state index in [9.17, 15) is 31.5 Å². The molecule has 2 aromatic rings. The maximum atomic E-state index is 12.9. The van der Waals surface area contributed by atoms with E-state index < -0.39 is 48.2 Å². The Morgan fingerprint density at radius 3 is 2.06 bits per heavy atom. The fraction of sp³-hybridized carbons (Fsp3) is 0.250. The number of carboxylic acid groups (broad SMARTS) is 1. The Bertz CT molecular complexity index is 1250. The molecule has 14 nitrogen and oxygen atoms in total. The second-order valence-corrected chi connectivity index (χ2v) is 9.52. The SMILES string of the molecule is COc1cc(OC)nc(NC(=O)NS(=O)(=O)c2c(C(=O)O)ccc(C)c2NS(C)(=O)=O)n1. The lowest BCUT2D eigenvalue weighted by Crippen LogP contribution is -2.36. The molecule has 2 amide bonds. The molecule has 4 N–H and O–H groups in total. The number of carbonyl (C=O) groups is 2. The summed E-state index contributed by atoms with van der Waals surface area (Å²) < 4.78 is 62.6. The molecule has 0 saturated carbocycles. The van der Waals surface area contributed by atoms with E-state index in [1.54, 1.807) is 4.72 Å². The number of nitrogens with one attached hydrogen (secondary N) is 3. The Kier molecular flexibility index (Phi) is 7.10. The highest BCUT2D eigenvalue weighted by molar-refractivity contribution is 7.92. The third-order valence-electron chi connectivity index (χ3n) is 3.70. The molecule has 16 heteroatoms. The van der Waals surface area contributed by atoms with Crippen molar-refractivity contribution in [2.45, 2.75) is 11.8 Å². The van der Waals surface area contributed by atoms with Crippen LogP contribution in [0.2, 0.25) is 0 Å². The second kappa shape index (κ2) is 9.23. The van der Waals surface area contributed by atoms with Crippen LogP contribution in [0.3, 0.4) is 0 Å². The first-order valence-electron chi connectivity index (χ1n) is 8.43. The Labute approximate surface area is 183 Å². The zero-order valence-electron chi connectivity index (χ0n) is 17.2. The van der Waals surface area contributed by atoms with Crippen LogP contribution in [0.1, 0.15) is 15.9 Å². The van der Waals surface area contributed by atoms with Gasteiger partial charge in [-0.15, -0.1) is 0 Å². The summed E-state index contributed by atoms with van der Waals surface area (Å²) in [5.41, 5.74) is -1.18. The van der Waals surface area contributed by atoms with Gasteiger partial charge in [0.1, 0.15) is 4.90 Å². The van der Waals surface area contributed by atoms with Gasteiger partial charge in [0.15, 0.2) is 0 Å². The zero-order chi connectivity index (χ0) is 24.3. The maximum Gasteiger partial charge on any atom is 0.337 e. The fourth-order valence-electron chi connectivity index (χ4n) is 2.41. The molecule has 1 heterocycles. The summed E-state index contributed by atoms with van der Waals surface area (Å²) in [5.74, 6) is -2.04. The molecule has 32 heavy (non-hydrogen) atoms. The maximum absolute atomic E-state index is 12.9. The number of urea groups is 1. The van der Waals surface area contributed by atoms with Crippen molar-refractivity contribution in [1.82, 2.24) is 14.7 Å². The van der Waals surface area contributed by atoms with Crippen LogP contribution in [0.25, 0.3) is 0 Å². The minimum absolute atomic E-state index is 0.00138. The van der Waals surface area contributed by atoms with Crippen LogP contribution in [-0.4, -0.2) is 64.4 Å². The molecule has 0 atom stereocenters. The van der Waals surface area contributed by atoms with Gasteiger partial charge in [0.25, 0.3) is 10.0 Å². The van der Waals surface area contributed by atoms with Crippen molar-refractivity contribution in [2.75, 3.05) is 30.5 Å². The monoisotopic (exact) mass is 489 g/mol. The number of anilines is 2. The second-order valence-electron chi connectivity index (χ2n) is 6.15. The van der Waals surface area contributed by atoms with Crippen LogP contribution in [0.15, 0.2) is 23.1 Å². The number of aryl methyl sites for hydroxylation is 1. The number of methoxy groups -OCH3 is 2. The van der Waals surface area contributed by atoms with E-state index in [1.807, 2.05) is 4.72 Å². The molecule has 174 valence electrons. The van der Waals surface area contributed by atoms with Crippen molar-refractivity contribution < 1.29 is 41.0 Å². The molecule has 2 rings (SSSR count). The van der Waals surface area contributed by atoms with Crippen LogP contribution >= 0.6 is 0 Å². The van der Waals surface area contributed by atoms with E-state index in [0.29, 0.717) is 0 Å². The predicted octanol–water partition coefficient (Wildman–Crippen LogP) is 0.382. The third kappa shape index (κ3) is 5.94. The average molecular weight is 489 g/mol. The molecule has 0 spiro atoms. The van der Waals surface area contributed by atoms with Gasteiger partial charge in [0.05, 0.1) is 37.8 Å². The molecule has 0 unspecified atom stereocenters. The lowest BCUT2D eigenvalue weighted by atomic mass is 10.1. The molecule has 0 bridgehead atoms. The van der Waals surface area contributed by atoms with Gasteiger partial charge in [0.2, 0.25) is 27.7 Å². The fourth-order valence-corrected chi connectivity index (χ4v) is 4.43. The number of sulfonamides is 2. The molecular formula is C16H19N5O9S2. The molecule has 0 aliphatic rings. The van der Waals surface area contributed by atoms with Crippen molar-refractivity contribution in [2.24, 2.45) is 0 Å². The van der Waals surface area contributed by atoms with Gasteiger partial charge in [-0.05, 0) is 18.6 Å². The largest absolute Gasteiger partial charge is 0.481 e. The van der Waals surface area contributed by atoms with Crippen LogP contribution in [0.4, 0.5) is 16.4 Å². The van der Waals surface area contributed by atoms with Crippen LogP contribution in [0.5, 0.6) is 11.8 Å². The molecule has 0 fully saturated rings. The first kappa shape index (κ1) is 24.6. The van der Waals surface area contributed by atoms with Crippen molar-refractivity contribution >= 4 is 43.7 Å². The zero-order valence-corrected chi connectivity index (χ0v) is 18.8. The number of hydrogen-bond acceptors (Lipinski definition) is 10. The van der Waals surface area contributed by atoms with Crippen molar-refractivity contribution in [1.29, 1.82) is 0 Å². The summed E-state index contributed by atoms with van der Waals surface area (Å²) in [6.45, 7) is 1.36. The Morgan fingerprint density at radius 2 is 1.59 bits per heavy atom.